The molecule has 142 valence electrons. The van der Waals surface area contributed by atoms with Gasteiger partial charge in [0.25, 0.3) is 5.56 Å². The Hall–Kier alpha value is -2.98. The molecule has 0 bridgehead atoms. The van der Waals surface area contributed by atoms with E-state index < -0.39 is 17.4 Å². The Kier molecular flexibility index (Phi) is 4.28. The molecular weight excluding hydrogens is 363 g/mol. The molecule has 27 heavy (non-hydrogen) atoms. The van der Waals surface area contributed by atoms with Crippen molar-refractivity contribution in [2.75, 3.05) is 18.0 Å². The van der Waals surface area contributed by atoms with Gasteiger partial charge in [-0.2, -0.15) is 17.7 Å². The standard InChI is InChI=1S/C16H16F3N7O/c17-16(18,19)12-7-15(27)25(9-20-12)8-11-3-5-24(6-4-11)14-2-1-13-22-21-10-26(13)23-14/h1-2,7,9-11H,3-6,8H2. The van der Waals surface area contributed by atoms with Crippen LogP contribution in [-0.2, 0) is 12.7 Å². The molecule has 0 atom stereocenters. The minimum absolute atomic E-state index is 0.191. The van der Waals surface area contributed by atoms with Crippen LogP contribution in [0.1, 0.15) is 18.5 Å². The summed E-state index contributed by atoms with van der Waals surface area (Å²) in [6.07, 6.45) is -0.484. The third-order valence-electron chi connectivity index (χ3n) is 4.71. The molecule has 11 heteroatoms. The Morgan fingerprint density at radius 2 is 1.93 bits per heavy atom. The van der Waals surface area contributed by atoms with Gasteiger partial charge in [0.15, 0.2) is 11.3 Å². The first kappa shape index (κ1) is 17.4. The van der Waals surface area contributed by atoms with Crippen molar-refractivity contribution >= 4 is 11.5 Å². The van der Waals surface area contributed by atoms with Crippen LogP contribution < -0.4 is 10.5 Å². The second-order valence-electron chi connectivity index (χ2n) is 6.52. The zero-order valence-corrected chi connectivity index (χ0v) is 14.2. The van der Waals surface area contributed by atoms with Gasteiger partial charge in [0, 0.05) is 25.7 Å². The average molecular weight is 379 g/mol. The van der Waals surface area contributed by atoms with Gasteiger partial charge < -0.3 is 4.90 Å². The van der Waals surface area contributed by atoms with E-state index in [4.69, 9.17) is 0 Å². The van der Waals surface area contributed by atoms with Gasteiger partial charge in [0.1, 0.15) is 12.1 Å². The number of nitrogens with zero attached hydrogens (tertiary/aromatic N) is 7. The molecular formula is C16H16F3N7O. The molecule has 3 aromatic rings. The summed E-state index contributed by atoms with van der Waals surface area (Å²) in [6.45, 7) is 1.85. The van der Waals surface area contributed by atoms with E-state index in [0.29, 0.717) is 18.3 Å². The van der Waals surface area contributed by atoms with Crippen molar-refractivity contribution in [2.45, 2.75) is 25.6 Å². The lowest BCUT2D eigenvalue weighted by Gasteiger charge is -2.32. The van der Waals surface area contributed by atoms with E-state index >= 15 is 0 Å². The highest BCUT2D eigenvalue weighted by atomic mass is 19.4. The first-order valence-electron chi connectivity index (χ1n) is 8.46. The van der Waals surface area contributed by atoms with E-state index in [0.717, 1.165) is 38.1 Å². The van der Waals surface area contributed by atoms with E-state index in [-0.39, 0.29) is 5.92 Å². The molecule has 4 heterocycles. The lowest BCUT2D eigenvalue weighted by Crippen LogP contribution is -2.37. The number of alkyl halides is 3. The van der Waals surface area contributed by atoms with Gasteiger partial charge in [-0.3, -0.25) is 9.36 Å². The molecule has 1 saturated heterocycles. The van der Waals surface area contributed by atoms with Gasteiger partial charge in [0.2, 0.25) is 0 Å². The van der Waals surface area contributed by atoms with Gasteiger partial charge >= 0.3 is 6.18 Å². The summed E-state index contributed by atoms with van der Waals surface area (Å²) in [4.78, 5) is 17.4. The van der Waals surface area contributed by atoms with Gasteiger partial charge in [0.05, 0.1) is 6.33 Å². The maximum Gasteiger partial charge on any atom is 0.433 e. The monoisotopic (exact) mass is 379 g/mol. The van der Waals surface area contributed by atoms with E-state index in [1.165, 1.54) is 10.9 Å². The SMILES string of the molecule is O=c1cc(C(F)(F)F)ncn1CC1CCN(c2ccc3nncn3n2)CC1. The molecule has 0 radical (unpaired) electrons. The summed E-state index contributed by atoms with van der Waals surface area (Å²) in [7, 11) is 0. The zero-order chi connectivity index (χ0) is 19.0. The smallest absolute Gasteiger partial charge is 0.355 e. The molecule has 8 nitrogen and oxygen atoms in total. The largest absolute Gasteiger partial charge is 0.433 e. The third-order valence-corrected chi connectivity index (χ3v) is 4.71. The fraction of sp³-hybridized carbons (Fsp3) is 0.438. The third kappa shape index (κ3) is 3.62. The fourth-order valence-corrected chi connectivity index (χ4v) is 3.23. The summed E-state index contributed by atoms with van der Waals surface area (Å²) in [6, 6.07) is 4.27. The van der Waals surface area contributed by atoms with Crippen LogP contribution in [0.5, 0.6) is 0 Å². The van der Waals surface area contributed by atoms with Crippen molar-refractivity contribution in [1.82, 2.24) is 29.4 Å². The van der Waals surface area contributed by atoms with Crippen molar-refractivity contribution in [3.63, 3.8) is 0 Å². The highest BCUT2D eigenvalue weighted by Crippen LogP contribution is 2.26. The fourth-order valence-electron chi connectivity index (χ4n) is 3.23. The van der Waals surface area contributed by atoms with Gasteiger partial charge in [-0.1, -0.05) is 0 Å². The molecule has 0 aromatic carbocycles. The molecule has 0 N–H and O–H groups in total. The van der Waals surface area contributed by atoms with Crippen LogP contribution in [-0.4, -0.2) is 42.5 Å². The van der Waals surface area contributed by atoms with E-state index in [9.17, 15) is 18.0 Å². The predicted octanol–water partition coefficient (Wildman–Crippen LogP) is 1.62. The lowest BCUT2D eigenvalue weighted by molar-refractivity contribution is -0.141. The molecule has 0 aliphatic carbocycles. The number of halogens is 3. The lowest BCUT2D eigenvalue weighted by atomic mass is 9.96. The molecule has 0 saturated carbocycles. The molecule has 0 unspecified atom stereocenters. The highest BCUT2D eigenvalue weighted by molar-refractivity contribution is 5.45. The minimum Gasteiger partial charge on any atom is -0.355 e. The van der Waals surface area contributed by atoms with E-state index in [1.807, 2.05) is 12.1 Å². The van der Waals surface area contributed by atoms with Crippen LogP contribution in [0, 0.1) is 5.92 Å². The van der Waals surface area contributed by atoms with Crippen LogP contribution in [0.15, 0.2) is 35.6 Å². The zero-order valence-electron chi connectivity index (χ0n) is 14.2. The molecule has 1 aliphatic rings. The number of fused-ring (bicyclic) bond motifs is 1. The van der Waals surface area contributed by atoms with Crippen LogP contribution in [0.2, 0.25) is 0 Å². The van der Waals surface area contributed by atoms with Crippen molar-refractivity contribution in [3.8, 4) is 0 Å². The van der Waals surface area contributed by atoms with E-state index in [1.54, 1.807) is 4.52 Å². The maximum atomic E-state index is 12.6. The molecule has 1 aliphatic heterocycles. The number of anilines is 1. The molecule has 1 fully saturated rings. The van der Waals surface area contributed by atoms with Crippen molar-refractivity contribution in [1.29, 1.82) is 0 Å². The van der Waals surface area contributed by atoms with Crippen molar-refractivity contribution in [2.24, 2.45) is 5.92 Å². The number of hydrogen-bond acceptors (Lipinski definition) is 6. The van der Waals surface area contributed by atoms with Crippen molar-refractivity contribution < 1.29 is 13.2 Å². The molecule has 0 spiro atoms. The van der Waals surface area contributed by atoms with Gasteiger partial charge in [-0.05, 0) is 30.9 Å². The Labute approximate surface area is 151 Å². The van der Waals surface area contributed by atoms with Crippen LogP contribution in [0.4, 0.5) is 19.0 Å². The number of rotatable bonds is 3. The van der Waals surface area contributed by atoms with Gasteiger partial charge in [-0.15, -0.1) is 15.3 Å². The van der Waals surface area contributed by atoms with Crippen LogP contribution in [0.3, 0.4) is 0 Å². The summed E-state index contributed by atoms with van der Waals surface area (Å²) < 4.78 is 40.7. The van der Waals surface area contributed by atoms with Crippen LogP contribution in [0.25, 0.3) is 5.65 Å². The summed E-state index contributed by atoms with van der Waals surface area (Å²) in [5.41, 5.74) is -1.17. The molecule has 3 aromatic heterocycles. The molecule has 4 rings (SSSR count). The molecule has 0 amide bonds. The summed E-state index contributed by atoms with van der Waals surface area (Å²) in [5, 5.41) is 12.2. The van der Waals surface area contributed by atoms with Gasteiger partial charge in [-0.25, -0.2) is 4.98 Å². The first-order valence-corrected chi connectivity index (χ1v) is 8.46. The van der Waals surface area contributed by atoms with Crippen molar-refractivity contribution in [3.05, 3.63) is 46.9 Å². The minimum atomic E-state index is -4.61. The Morgan fingerprint density at radius 1 is 1.15 bits per heavy atom. The Morgan fingerprint density at radius 3 is 2.63 bits per heavy atom. The predicted molar refractivity (Wildman–Crippen MR) is 89.2 cm³/mol. The number of piperidine rings is 1. The Bertz CT molecular complexity index is 1000. The second-order valence-corrected chi connectivity index (χ2v) is 6.52. The quantitative estimate of drug-likeness (QED) is 0.688. The average Bonchev–Trinajstić information content (AvgIpc) is 3.11. The normalized spacial score (nSPS) is 16.2. The number of hydrogen-bond donors (Lipinski definition) is 0. The van der Waals surface area contributed by atoms with E-state index in [2.05, 4.69) is 25.2 Å². The summed E-state index contributed by atoms with van der Waals surface area (Å²) >= 11 is 0. The second kappa shape index (κ2) is 6.63. The highest BCUT2D eigenvalue weighted by Gasteiger charge is 2.33. The summed E-state index contributed by atoms with van der Waals surface area (Å²) in [5.74, 6) is 1.00. The topological polar surface area (TPSA) is 81.2 Å². The van der Waals surface area contributed by atoms with Crippen LogP contribution >= 0.6 is 0 Å². The number of aromatic nitrogens is 6. The first-order chi connectivity index (χ1) is 12.9. The maximum absolute atomic E-state index is 12.6. The Balaban J connectivity index is 1.40.